The molecule has 1 amide bonds. The standard InChI is InChI=1S/C25H27F3N4O2/c26-25(27,28)18-9-7-10-19(17-18)32-21-12-4-3-11-20(21)30-22(24(32)34)23(33)29-13-8-16-31-14-5-1-2-6-15-31/h3-4,7,9-12,17H,1-2,5-6,8,13-16H2,(H,29,33). The fraction of sp³-hybridized carbons (Fsp3) is 0.400. The molecule has 1 aromatic heterocycles. The van der Waals surface area contributed by atoms with Crippen LogP contribution >= 0.6 is 0 Å². The lowest BCUT2D eigenvalue weighted by Gasteiger charge is -2.19. The van der Waals surface area contributed by atoms with Crippen LogP contribution in [0.25, 0.3) is 16.7 Å². The van der Waals surface area contributed by atoms with E-state index in [1.54, 1.807) is 24.3 Å². The van der Waals surface area contributed by atoms with Crippen molar-refractivity contribution >= 4 is 16.9 Å². The Morgan fingerprint density at radius 2 is 1.74 bits per heavy atom. The molecule has 0 saturated carbocycles. The van der Waals surface area contributed by atoms with Gasteiger partial charge in [0.05, 0.1) is 16.6 Å². The zero-order valence-corrected chi connectivity index (χ0v) is 18.8. The molecule has 4 rings (SSSR count). The molecule has 0 bridgehead atoms. The van der Waals surface area contributed by atoms with Gasteiger partial charge in [0.1, 0.15) is 0 Å². The van der Waals surface area contributed by atoms with Crippen LogP contribution in [0, 0.1) is 0 Å². The van der Waals surface area contributed by atoms with Gasteiger partial charge >= 0.3 is 6.18 Å². The summed E-state index contributed by atoms with van der Waals surface area (Å²) in [5.41, 5.74) is -1.29. The van der Waals surface area contributed by atoms with Gasteiger partial charge in [0.15, 0.2) is 5.69 Å². The molecular weight excluding hydrogens is 445 g/mol. The van der Waals surface area contributed by atoms with Crippen molar-refractivity contribution in [1.82, 2.24) is 19.8 Å². The number of hydrogen-bond donors (Lipinski definition) is 1. The Hall–Kier alpha value is -3.20. The molecule has 3 aromatic rings. The summed E-state index contributed by atoms with van der Waals surface area (Å²) < 4.78 is 40.9. The number of hydrogen-bond acceptors (Lipinski definition) is 4. The Labute approximate surface area is 195 Å². The van der Waals surface area contributed by atoms with E-state index < -0.39 is 23.2 Å². The van der Waals surface area contributed by atoms with E-state index in [4.69, 9.17) is 0 Å². The average molecular weight is 473 g/mol. The fourth-order valence-corrected chi connectivity index (χ4v) is 4.31. The Bertz CT molecular complexity index is 1210. The lowest BCUT2D eigenvalue weighted by Crippen LogP contribution is -2.36. The zero-order valence-electron chi connectivity index (χ0n) is 18.8. The minimum absolute atomic E-state index is 0.0219. The molecule has 0 atom stereocenters. The second kappa shape index (κ2) is 10.4. The van der Waals surface area contributed by atoms with Gasteiger partial charge in [-0.2, -0.15) is 13.2 Å². The van der Waals surface area contributed by atoms with Gasteiger partial charge in [0.2, 0.25) is 0 Å². The highest BCUT2D eigenvalue weighted by atomic mass is 19.4. The summed E-state index contributed by atoms with van der Waals surface area (Å²) in [5.74, 6) is -0.632. The van der Waals surface area contributed by atoms with Gasteiger partial charge in [-0.1, -0.05) is 31.0 Å². The number of rotatable bonds is 6. The Morgan fingerprint density at radius 3 is 2.47 bits per heavy atom. The first-order chi connectivity index (χ1) is 16.3. The van der Waals surface area contributed by atoms with Crippen LogP contribution in [-0.2, 0) is 6.18 Å². The molecule has 9 heteroatoms. The average Bonchev–Trinajstić information content (AvgIpc) is 3.10. The summed E-state index contributed by atoms with van der Waals surface area (Å²) in [6.45, 7) is 3.36. The first-order valence-electron chi connectivity index (χ1n) is 11.5. The second-order valence-electron chi connectivity index (χ2n) is 8.50. The van der Waals surface area contributed by atoms with Crippen molar-refractivity contribution in [1.29, 1.82) is 0 Å². The van der Waals surface area contributed by atoms with E-state index >= 15 is 0 Å². The number of halogens is 3. The first-order valence-corrected chi connectivity index (χ1v) is 11.5. The van der Waals surface area contributed by atoms with Crippen LogP contribution in [0.4, 0.5) is 13.2 Å². The van der Waals surface area contributed by atoms with E-state index in [1.165, 1.54) is 37.8 Å². The third-order valence-electron chi connectivity index (χ3n) is 6.04. The highest BCUT2D eigenvalue weighted by molar-refractivity contribution is 5.94. The SMILES string of the molecule is O=C(NCCCN1CCCCCC1)c1nc2ccccc2n(-c2cccc(C(F)(F)F)c2)c1=O. The molecule has 1 aliphatic heterocycles. The molecule has 1 fully saturated rings. The molecule has 34 heavy (non-hydrogen) atoms. The van der Waals surface area contributed by atoms with E-state index in [-0.39, 0.29) is 11.4 Å². The summed E-state index contributed by atoms with van der Waals surface area (Å²) in [4.78, 5) is 32.7. The number of likely N-dealkylation sites (tertiary alicyclic amines) is 1. The minimum Gasteiger partial charge on any atom is -0.350 e. The van der Waals surface area contributed by atoms with E-state index in [2.05, 4.69) is 15.2 Å². The summed E-state index contributed by atoms with van der Waals surface area (Å²) in [5, 5.41) is 2.75. The summed E-state index contributed by atoms with van der Waals surface area (Å²) in [6, 6.07) is 11.1. The van der Waals surface area contributed by atoms with Gasteiger partial charge in [-0.3, -0.25) is 14.2 Å². The third kappa shape index (κ3) is 5.47. The molecule has 2 heterocycles. The molecule has 1 aliphatic rings. The summed E-state index contributed by atoms with van der Waals surface area (Å²) >= 11 is 0. The van der Waals surface area contributed by atoms with E-state index in [9.17, 15) is 22.8 Å². The molecule has 2 aromatic carbocycles. The molecule has 0 aliphatic carbocycles. The number of carbonyl (C=O) groups excluding carboxylic acids is 1. The highest BCUT2D eigenvalue weighted by Gasteiger charge is 2.31. The van der Waals surface area contributed by atoms with E-state index in [0.29, 0.717) is 17.6 Å². The van der Waals surface area contributed by atoms with Crippen LogP contribution < -0.4 is 10.9 Å². The monoisotopic (exact) mass is 472 g/mol. The number of amides is 1. The van der Waals surface area contributed by atoms with Gasteiger partial charge in [-0.25, -0.2) is 4.98 Å². The first kappa shape index (κ1) is 23.9. The maximum absolute atomic E-state index is 13.3. The van der Waals surface area contributed by atoms with Gasteiger partial charge in [-0.15, -0.1) is 0 Å². The molecular formula is C25H27F3N4O2. The summed E-state index contributed by atoms with van der Waals surface area (Å²) in [7, 11) is 0. The summed E-state index contributed by atoms with van der Waals surface area (Å²) in [6.07, 6.45) is 1.04. The minimum atomic E-state index is -4.56. The van der Waals surface area contributed by atoms with Crippen molar-refractivity contribution in [2.45, 2.75) is 38.3 Å². The number of nitrogens with zero attached hydrogens (tertiary/aromatic N) is 3. The number of fused-ring (bicyclic) bond motifs is 1. The zero-order chi connectivity index (χ0) is 24.1. The van der Waals surface area contributed by atoms with E-state index in [0.717, 1.165) is 42.8 Å². The van der Waals surface area contributed by atoms with Crippen LogP contribution in [0.2, 0.25) is 0 Å². The topological polar surface area (TPSA) is 67.2 Å². The predicted molar refractivity (Wildman–Crippen MR) is 124 cm³/mol. The third-order valence-corrected chi connectivity index (χ3v) is 6.04. The van der Waals surface area contributed by atoms with E-state index in [1.807, 2.05) is 0 Å². The number of benzene rings is 2. The number of nitrogens with one attached hydrogen (secondary N) is 1. The van der Waals surface area contributed by atoms with Crippen molar-refractivity contribution in [3.05, 3.63) is 70.1 Å². The lowest BCUT2D eigenvalue weighted by atomic mass is 10.1. The number of para-hydroxylation sites is 2. The quantitative estimate of drug-likeness (QED) is 0.540. The van der Waals surface area contributed by atoms with Crippen molar-refractivity contribution in [3.63, 3.8) is 0 Å². The van der Waals surface area contributed by atoms with Crippen LogP contribution in [0.3, 0.4) is 0 Å². The Kier molecular flexibility index (Phi) is 7.31. The maximum atomic E-state index is 13.3. The van der Waals surface area contributed by atoms with Crippen molar-refractivity contribution in [2.75, 3.05) is 26.2 Å². The number of alkyl halides is 3. The van der Waals surface area contributed by atoms with Gasteiger partial charge in [0.25, 0.3) is 11.5 Å². The molecule has 0 unspecified atom stereocenters. The Morgan fingerprint density at radius 1 is 1.00 bits per heavy atom. The molecule has 0 spiro atoms. The fourth-order valence-electron chi connectivity index (χ4n) is 4.31. The molecule has 1 N–H and O–H groups in total. The predicted octanol–water partition coefficient (Wildman–Crippen LogP) is 4.40. The van der Waals surface area contributed by atoms with Gasteiger partial charge in [0, 0.05) is 12.2 Å². The van der Waals surface area contributed by atoms with Crippen molar-refractivity contribution in [2.24, 2.45) is 0 Å². The number of carbonyl (C=O) groups is 1. The maximum Gasteiger partial charge on any atom is 0.416 e. The largest absolute Gasteiger partial charge is 0.416 e. The molecule has 6 nitrogen and oxygen atoms in total. The Balaban J connectivity index is 1.58. The molecule has 0 radical (unpaired) electrons. The molecule has 1 saturated heterocycles. The second-order valence-corrected chi connectivity index (χ2v) is 8.50. The van der Waals surface area contributed by atoms with Gasteiger partial charge < -0.3 is 10.2 Å². The number of aromatic nitrogens is 2. The van der Waals surface area contributed by atoms with Crippen molar-refractivity contribution < 1.29 is 18.0 Å². The molecule has 180 valence electrons. The highest BCUT2D eigenvalue weighted by Crippen LogP contribution is 2.30. The van der Waals surface area contributed by atoms with Crippen LogP contribution in [-0.4, -0.2) is 46.5 Å². The van der Waals surface area contributed by atoms with Crippen LogP contribution in [0.1, 0.15) is 48.2 Å². The van der Waals surface area contributed by atoms with Crippen LogP contribution in [0.5, 0.6) is 0 Å². The lowest BCUT2D eigenvalue weighted by molar-refractivity contribution is -0.137. The van der Waals surface area contributed by atoms with Gasteiger partial charge in [-0.05, 0) is 69.2 Å². The van der Waals surface area contributed by atoms with Crippen molar-refractivity contribution in [3.8, 4) is 5.69 Å². The smallest absolute Gasteiger partial charge is 0.350 e. The normalized spacial score (nSPS) is 15.3. The van der Waals surface area contributed by atoms with Crippen LogP contribution in [0.15, 0.2) is 53.3 Å².